The number of hydrogen-bond acceptors (Lipinski definition) is 1. The van der Waals surface area contributed by atoms with Gasteiger partial charge in [-0.15, -0.1) is 0 Å². The average Bonchev–Trinajstić information content (AvgIpc) is 2.48. The maximum Gasteiger partial charge on any atom is 0.227 e. The molecule has 0 heterocycles. The van der Waals surface area contributed by atoms with Gasteiger partial charge in [0.25, 0.3) is 0 Å². The van der Waals surface area contributed by atoms with Gasteiger partial charge in [0.1, 0.15) is 0 Å². The molecule has 0 bridgehead atoms. The van der Waals surface area contributed by atoms with Crippen molar-refractivity contribution in [3.63, 3.8) is 0 Å². The fraction of sp³-hybridized carbons (Fsp3) is 0.235. The lowest BCUT2D eigenvalue weighted by Crippen LogP contribution is -2.28. The van der Waals surface area contributed by atoms with Crippen LogP contribution in [0.15, 0.2) is 60.7 Å². The summed E-state index contributed by atoms with van der Waals surface area (Å²) in [6.45, 7) is 2.63. The molecule has 0 aromatic heterocycles. The first-order valence-corrected chi connectivity index (χ1v) is 6.68. The molecule has 19 heavy (non-hydrogen) atoms. The van der Waals surface area contributed by atoms with Gasteiger partial charge in [-0.05, 0) is 17.5 Å². The molecule has 2 rings (SSSR count). The van der Waals surface area contributed by atoms with Gasteiger partial charge in [0.15, 0.2) is 0 Å². The topological polar surface area (TPSA) is 29.1 Å². The summed E-state index contributed by atoms with van der Waals surface area (Å²) in [7, 11) is 0. The Morgan fingerprint density at radius 2 is 1.58 bits per heavy atom. The third-order valence-electron chi connectivity index (χ3n) is 3.24. The molecule has 1 atom stereocenters. The van der Waals surface area contributed by atoms with Crippen LogP contribution in [-0.4, -0.2) is 5.91 Å². The average molecular weight is 253 g/mol. The van der Waals surface area contributed by atoms with E-state index in [1.54, 1.807) is 0 Å². The van der Waals surface area contributed by atoms with Crippen LogP contribution in [0.25, 0.3) is 0 Å². The summed E-state index contributed by atoms with van der Waals surface area (Å²) in [5, 5.41) is 3.01. The predicted molar refractivity (Wildman–Crippen MR) is 77.8 cm³/mol. The molecule has 0 aliphatic carbocycles. The van der Waals surface area contributed by atoms with Crippen molar-refractivity contribution >= 4 is 5.91 Å². The van der Waals surface area contributed by atoms with Crippen LogP contribution in [0.3, 0.4) is 0 Å². The lowest BCUT2D eigenvalue weighted by atomic mass is 9.95. The van der Waals surface area contributed by atoms with Crippen molar-refractivity contribution in [3.05, 3.63) is 71.8 Å². The van der Waals surface area contributed by atoms with Crippen LogP contribution in [0.5, 0.6) is 0 Å². The lowest BCUT2D eigenvalue weighted by molar-refractivity contribution is -0.122. The van der Waals surface area contributed by atoms with Crippen LogP contribution in [0.1, 0.15) is 30.4 Å². The minimum atomic E-state index is -0.0649. The van der Waals surface area contributed by atoms with E-state index in [-0.39, 0.29) is 11.8 Å². The van der Waals surface area contributed by atoms with Crippen LogP contribution in [0, 0.1) is 0 Å². The van der Waals surface area contributed by atoms with Crippen molar-refractivity contribution in [3.8, 4) is 0 Å². The lowest BCUT2D eigenvalue weighted by Gasteiger charge is -2.15. The molecule has 98 valence electrons. The van der Waals surface area contributed by atoms with E-state index in [9.17, 15) is 4.79 Å². The third kappa shape index (κ3) is 3.68. The predicted octanol–water partition coefficient (Wildman–Crippen LogP) is 3.50. The first kappa shape index (κ1) is 13.3. The molecule has 2 aromatic carbocycles. The Balaban J connectivity index is 1.98. The molecule has 0 aliphatic rings. The second-order valence-corrected chi connectivity index (χ2v) is 4.57. The van der Waals surface area contributed by atoms with Gasteiger partial charge in [-0.2, -0.15) is 0 Å². The molecule has 0 aliphatic heterocycles. The molecule has 2 aromatic rings. The van der Waals surface area contributed by atoms with Gasteiger partial charge < -0.3 is 5.32 Å². The Hall–Kier alpha value is -2.09. The van der Waals surface area contributed by atoms with E-state index in [0.717, 1.165) is 17.5 Å². The zero-order chi connectivity index (χ0) is 13.5. The van der Waals surface area contributed by atoms with Crippen molar-refractivity contribution in [1.29, 1.82) is 0 Å². The minimum Gasteiger partial charge on any atom is -0.351 e. The van der Waals surface area contributed by atoms with Crippen molar-refractivity contribution in [1.82, 2.24) is 5.32 Å². The van der Waals surface area contributed by atoms with E-state index in [0.29, 0.717) is 6.54 Å². The largest absolute Gasteiger partial charge is 0.351 e. The minimum absolute atomic E-state index is 0.0649. The van der Waals surface area contributed by atoms with Gasteiger partial charge in [-0.3, -0.25) is 4.79 Å². The summed E-state index contributed by atoms with van der Waals surface area (Å²) < 4.78 is 0. The maximum absolute atomic E-state index is 12.2. The Morgan fingerprint density at radius 3 is 2.16 bits per heavy atom. The molecule has 1 N–H and O–H groups in total. The molecule has 0 spiro atoms. The summed E-state index contributed by atoms with van der Waals surface area (Å²) in [6.07, 6.45) is 0.810. The standard InChI is InChI=1S/C17H19NO/c1-2-16(15-11-7-4-8-12-15)17(19)18-13-14-9-5-3-6-10-14/h3-12,16H,2,13H2,1H3,(H,18,19)/t16-/m0/s1. The molecule has 0 fully saturated rings. The molecule has 2 nitrogen and oxygen atoms in total. The monoisotopic (exact) mass is 253 g/mol. The Bertz CT molecular complexity index is 507. The molecule has 1 amide bonds. The smallest absolute Gasteiger partial charge is 0.227 e. The highest BCUT2D eigenvalue weighted by Gasteiger charge is 2.17. The molecule has 0 saturated heterocycles. The number of carbonyl (C=O) groups is 1. The van der Waals surface area contributed by atoms with E-state index in [2.05, 4.69) is 5.32 Å². The number of amides is 1. The van der Waals surface area contributed by atoms with E-state index >= 15 is 0 Å². The zero-order valence-corrected chi connectivity index (χ0v) is 11.2. The normalized spacial score (nSPS) is 11.8. The van der Waals surface area contributed by atoms with Crippen LogP contribution in [0.4, 0.5) is 0 Å². The third-order valence-corrected chi connectivity index (χ3v) is 3.24. The van der Waals surface area contributed by atoms with Gasteiger partial charge in [-0.1, -0.05) is 67.6 Å². The van der Waals surface area contributed by atoms with Crippen molar-refractivity contribution in [2.45, 2.75) is 25.8 Å². The fourth-order valence-corrected chi connectivity index (χ4v) is 2.17. The number of carbonyl (C=O) groups excluding carboxylic acids is 1. The Kier molecular flexibility index (Phi) is 4.73. The first-order chi connectivity index (χ1) is 9.31. The van der Waals surface area contributed by atoms with Gasteiger partial charge in [0.2, 0.25) is 5.91 Å². The molecule has 0 saturated carbocycles. The quantitative estimate of drug-likeness (QED) is 0.868. The zero-order valence-electron chi connectivity index (χ0n) is 11.2. The van der Waals surface area contributed by atoms with Crippen LogP contribution in [-0.2, 0) is 11.3 Å². The molecule has 0 unspecified atom stereocenters. The maximum atomic E-state index is 12.2. The highest BCUT2D eigenvalue weighted by atomic mass is 16.1. The number of nitrogens with one attached hydrogen (secondary N) is 1. The van der Waals surface area contributed by atoms with Crippen molar-refractivity contribution in [2.75, 3.05) is 0 Å². The van der Waals surface area contributed by atoms with Crippen LogP contribution in [0.2, 0.25) is 0 Å². The second-order valence-electron chi connectivity index (χ2n) is 4.57. The van der Waals surface area contributed by atoms with Gasteiger partial charge in [0, 0.05) is 6.54 Å². The molecular formula is C17H19NO. The molecule has 2 heteroatoms. The first-order valence-electron chi connectivity index (χ1n) is 6.68. The second kappa shape index (κ2) is 6.74. The highest BCUT2D eigenvalue weighted by Crippen LogP contribution is 2.19. The highest BCUT2D eigenvalue weighted by molar-refractivity contribution is 5.83. The van der Waals surface area contributed by atoms with E-state index < -0.39 is 0 Å². The van der Waals surface area contributed by atoms with E-state index in [1.165, 1.54) is 0 Å². The number of hydrogen-bond donors (Lipinski definition) is 1. The summed E-state index contributed by atoms with van der Waals surface area (Å²) in [5.74, 6) is 0.0301. The fourth-order valence-electron chi connectivity index (χ4n) is 2.17. The Labute approximate surface area is 114 Å². The SMILES string of the molecule is CC[C@H](C(=O)NCc1ccccc1)c1ccccc1. The van der Waals surface area contributed by atoms with Crippen molar-refractivity contribution in [2.24, 2.45) is 0 Å². The van der Waals surface area contributed by atoms with Crippen LogP contribution < -0.4 is 5.32 Å². The van der Waals surface area contributed by atoms with E-state index in [1.807, 2.05) is 67.6 Å². The van der Waals surface area contributed by atoms with Crippen molar-refractivity contribution < 1.29 is 4.79 Å². The Morgan fingerprint density at radius 1 is 1.00 bits per heavy atom. The summed E-state index contributed by atoms with van der Waals surface area (Å²) in [4.78, 5) is 12.2. The number of benzene rings is 2. The number of rotatable bonds is 5. The summed E-state index contributed by atoms with van der Waals surface area (Å²) in [5.41, 5.74) is 2.20. The van der Waals surface area contributed by atoms with E-state index in [4.69, 9.17) is 0 Å². The molecular weight excluding hydrogens is 234 g/mol. The summed E-state index contributed by atoms with van der Waals surface area (Å²) in [6, 6.07) is 19.9. The van der Waals surface area contributed by atoms with Gasteiger partial charge in [-0.25, -0.2) is 0 Å². The van der Waals surface area contributed by atoms with Gasteiger partial charge >= 0.3 is 0 Å². The molecule has 0 radical (unpaired) electrons. The van der Waals surface area contributed by atoms with Gasteiger partial charge in [0.05, 0.1) is 5.92 Å². The summed E-state index contributed by atoms with van der Waals surface area (Å²) >= 11 is 0. The van der Waals surface area contributed by atoms with Crippen LogP contribution >= 0.6 is 0 Å².